The highest BCUT2D eigenvalue weighted by Crippen LogP contribution is 2.23. The van der Waals surface area contributed by atoms with Crippen LogP contribution in [0.15, 0.2) is 42.0 Å². The van der Waals surface area contributed by atoms with Crippen LogP contribution in [0, 0.1) is 0 Å². The van der Waals surface area contributed by atoms with Crippen molar-refractivity contribution in [2.45, 2.75) is 39.0 Å². The van der Waals surface area contributed by atoms with Crippen molar-refractivity contribution in [1.82, 2.24) is 10.2 Å². The fourth-order valence-corrected chi connectivity index (χ4v) is 3.30. The predicted molar refractivity (Wildman–Crippen MR) is 111 cm³/mol. The minimum atomic E-state index is -0.0362. The lowest BCUT2D eigenvalue weighted by molar-refractivity contribution is -0.116. The van der Waals surface area contributed by atoms with E-state index in [0.29, 0.717) is 10.0 Å². The van der Waals surface area contributed by atoms with Crippen LogP contribution in [0.25, 0.3) is 0 Å². The number of carbonyl (C=O) groups excluding carboxylic acids is 1. The van der Waals surface area contributed by atoms with Crippen molar-refractivity contribution in [3.05, 3.63) is 57.6 Å². The molecule has 0 bridgehead atoms. The number of nitrogens with one attached hydrogen (secondary N) is 1. The Morgan fingerprint density at radius 2 is 1.92 bits per heavy atom. The number of rotatable bonds is 8. The summed E-state index contributed by atoms with van der Waals surface area (Å²) < 4.78 is 0. The molecule has 2 rings (SSSR count). The second kappa shape index (κ2) is 11.4. The van der Waals surface area contributed by atoms with Gasteiger partial charge in [-0.2, -0.15) is 0 Å². The number of likely N-dealkylation sites (tertiary alicyclic amines) is 1. The van der Waals surface area contributed by atoms with Crippen molar-refractivity contribution in [1.29, 1.82) is 0 Å². The molecule has 0 unspecified atom stereocenters. The third kappa shape index (κ3) is 7.94. The Hall–Kier alpha value is -1.29. The largest absolute Gasteiger partial charge is 0.353 e. The summed E-state index contributed by atoms with van der Waals surface area (Å²) in [4.78, 5) is 14.4. The summed E-state index contributed by atoms with van der Waals surface area (Å²) in [6.07, 6.45) is 11.2. The number of halogens is 2. The number of amides is 1. The molecule has 1 heterocycles. The fourth-order valence-electron chi connectivity index (χ4n) is 2.98. The van der Waals surface area contributed by atoms with E-state index >= 15 is 0 Å². The lowest BCUT2D eigenvalue weighted by Crippen LogP contribution is -2.33. The number of piperidine rings is 1. The first-order chi connectivity index (χ1) is 12.5. The quantitative estimate of drug-likeness (QED) is 0.380. The SMILES string of the molecule is CC(C=CC(=O)NCCCN1CCCCC1)=CCc1ccc(Cl)c(Cl)c1. The topological polar surface area (TPSA) is 32.3 Å². The van der Waals surface area contributed by atoms with Crippen LogP contribution in [0.5, 0.6) is 0 Å². The Bertz CT molecular complexity index is 649. The maximum Gasteiger partial charge on any atom is 0.243 e. The lowest BCUT2D eigenvalue weighted by Gasteiger charge is -2.26. The van der Waals surface area contributed by atoms with Crippen LogP contribution < -0.4 is 5.32 Å². The molecule has 5 heteroatoms. The number of allylic oxidation sites excluding steroid dienone is 3. The zero-order chi connectivity index (χ0) is 18.8. The molecule has 1 aliphatic heterocycles. The van der Waals surface area contributed by atoms with E-state index in [1.807, 2.05) is 25.1 Å². The molecule has 0 radical (unpaired) electrons. The highest BCUT2D eigenvalue weighted by atomic mass is 35.5. The van der Waals surface area contributed by atoms with Crippen LogP contribution in [-0.4, -0.2) is 37.0 Å². The molecule has 3 nitrogen and oxygen atoms in total. The first-order valence-corrected chi connectivity index (χ1v) is 10.1. The molecule has 1 aromatic carbocycles. The van der Waals surface area contributed by atoms with Crippen molar-refractivity contribution < 1.29 is 4.79 Å². The van der Waals surface area contributed by atoms with Gasteiger partial charge in [0, 0.05) is 12.6 Å². The molecule has 1 N–H and O–H groups in total. The van der Waals surface area contributed by atoms with Gasteiger partial charge in [-0.25, -0.2) is 0 Å². The van der Waals surface area contributed by atoms with Gasteiger partial charge in [0.2, 0.25) is 5.91 Å². The van der Waals surface area contributed by atoms with Crippen molar-refractivity contribution in [2.24, 2.45) is 0 Å². The summed E-state index contributed by atoms with van der Waals surface area (Å²) in [5.74, 6) is -0.0362. The second-order valence-corrected chi connectivity index (χ2v) is 7.60. The molecule has 1 amide bonds. The molecule has 1 saturated heterocycles. The minimum absolute atomic E-state index is 0.0362. The molecule has 0 aliphatic carbocycles. The zero-order valence-electron chi connectivity index (χ0n) is 15.4. The second-order valence-electron chi connectivity index (χ2n) is 6.78. The van der Waals surface area contributed by atoms with Crippen LogP contribution in [0.2, 0.25) is 10.0 Å². The number of carbonyl (C=O) groups is 1. The van der Waals surface area contributed by atoms with Gasteiger partial charge in [-0.15, -0.1) is 0 Å². The third-order valence-corrected chi connectivity index (χ3v) is 5.28. The monoisotopic (exact) mass is 394 g/mol. The lowest BCUT2D eigenvalue weighted by atomic mass is 10.1. The van der Waals surface area contributed by atoms with Gasteiger partial charge in [-0.05, 0) is 69.9 Å². The summed E-state index contributed by atoms with van der Waals surface area (Å²) >= 11 is 11.9. The average molecular weight is 395 g/mol. The van der Waals surface area contributed by atoms with Crippen LogP contribution in [-0.2, 0) is 11.2 Å². The van der Waals surface area contributed by atoms with Crippen LogP contribution in [0.3, 0.4) is 0 Å². The summed E-state index contributed by atoms with van der Waals surface area (Å²) in [5, 5.41) is 4.08. The van der Waals surface area contributed by atoms with Crippen LogP contribution >= 0.6 is 23.2 Å². The summed E-state index contributed by atoms with van der Waals surface area (Å²) in [7, 11) is 0. The van der Waals surface area contributed by atoms with Crippen molar-refractivity contribution in [3.8, 4) is 0 Å². The molecule has 1 fully saturated rings. The number of hydrogen-bond donors (Lipinski definition) is 1. The van der Waals surface area contributed by atoms with E-state index in [-0.39, 0.29) is 5.91 Å². The maximum absolute atomic E-state index is 11.9. The van der Waals surface area contributed by atoms with Gasteiger partial charge in [-0.3, -0.25) is 4.79 Å². The van der Waals surface area contributed by atoms with Crippen LogP contribution in [0.1, 0.15) is 38.2 Å². The Labute approximate surface area is 167 Å². The molecule has 1 aromatic rings. The Balaban J connectivity index is 1.66. The average Bonchev–Trinajstić information content (AvgIpc) is 2.65. The molecular weight excluding hydrogens is 367 g/mol. The highest BCUT2D eigenvalue weighted by molar-refractivity contribution is 6.42. The van der Waals surface area contributed by atoms with Gasteiger partial charge in [0.25, 0.3) is 0 Å². The Morgan fingerprint density at radius 1 is 1.15 bits per heavy atom. The van der Waals surface area contributed by atoms with E-state index in [1.54, 1.807) is 12.1 Å². The van der Waals surface area contributed by atoms with Crippen molar-refractivity contribution in [3.63, 3.8) is 0 Å². The van der Waals surface area contributed by atoms with Gasteiger partial charge in [0.05, 0.1) is 10.0 Å². The van der Waals surface area contributed by atoms with Crippen molar-refractivity contribution >= 4 is 29.1 Å². The van der Waals surface area contributed by atoms with Gasteiger partial charge in [0.1, 0.15) is 0 Å². The van der Waals surface area contributed by atoms with E-state index in [0.717, 1.165) is 37.1 Å². The smallest absolute Gasteiger partial charge is 0.243 e. The summed E-state index contributed by atoms with van der Waals surface area (Å²) in [6, 6.07) is 5.62. The maximum atomic E-state index is 11.9. The van der Waals surface area contributed by atoms with E-state index in [9.17, 15) is 4.79 Å². The molecule has 0 spiro atoms. The van der Waals surface area contributed by atoms with Gasteiger partial charge in [0.15, 0.2) is 0 Å². The highest BCUT2D eigenvalue weighted by Gasteiger charge is 2.08. The normalized spacial score (nSPS) is 16.2. The number of hydrogen-bond acceptors (Lipinski definition) is 2. The summed E-state index contributed by atoms with van der Waals surface area (Å²) in [6.45, 7) is 6.20. The first kappa shape index (κ1) is 21.0. The molecule has 1 aliphatic rings. The van der Waals surface area contributed by atoms with E-state index in [4.69, 9.17) is 23.2 Å². The van der Waals surface area contributed by atoms with Crippen LogP contribution in [0.4, 0.5) is 0 Å². The van der Waals surface area contributed by atoms with E-state index in [1.165, 1.54) is 32.4 Å². The molecular formula is C21H28Cl2N2O. The minimum Gasteiger partial charge on any atom is -0.353 e. The Morgan fingerprint density at radius 3 is 2.65 bits per heavy atom. The Kier molecular flexibility index (Phi) is 9.24. The van der Waals surface area contributed by atoms with Gasteiger partial charge in [-0.1, -0.05) is 53.4 Å². The standard InChI is InChI=1S/C21H28Cl2N2O/c1-17(6-8-18-9-10-19(22)20(23)16-18)7-11-21(26)24-12-5-15-25-13-3-2-4-14-25/h6-7,9-11,16H,2-5,8,12-15H2,1H3,(H,24,26). The first-order valence-electron chi connectivity index (χ1n) is 9.33. The van der Waals surface area contributed by atoms with Gasteiger partial charge < -0.3 is 10.2 Å². The molecule has 0 aromatic heterocycles. The van der Waals surface area contributed by atoms with Crippen molar-refractivity contribution in [2.75, 3.05) is 26.2 Å². The van der Waals surface area contributed by atoms with E-state index in [2.05, 4.69) is 16.3 Å². The van der Waals surface area contributed by atoms with E-state index < -0.39 is 0 Å². The molecule has 0 saturated carbocycles. The third-order valence-electron chi connectivity index (χ3n) is 4.54. The predicted octanol–water partition coefficient (Wildman–Crippen LogP) is 5.03. The molecule has 0 atom stereocenters. The number of nitrogens with zero attached hydrogens (tertiary/aromatic N) is 1. The van der Waals surface area contributed by atoms with Gasteiger partial charge >= 0.3 is 0 Å². The zero-order valence-corrected chi connectivity index (χ0v) is 17.0. The molecule has 142 valence electrons. The fraction of sp³-hybridized carbons (Fsp3) is 0.476. The molecule has 26 heavy (non-hydrogen) atoms. The number of benzene rings is 1. The summed E-state index contributed by atoms with van der Waals surface area (Å²) in [5.41, 5.74) is 2.13.